The predicted molar refractivity (Wildman–Crippen MR) is 66.7 cm³/mol. The molecule has 0 bridgehead atoms. The van der Waals surface area contributed by atoms with Crippen LogP contribution in [-0.4, -0.2) is 17.0 Å². The van der Waals surface area contributed by atoms with E-state index in [0.717, 1.165) is 6.08 Å². The van der Waals surface area contributed by atoms with Gasteiger partial charge in [-0.25, -0.2) is 9.59 Å². The average molecular weight is 242 g/mol. The first kappa shape index (κ1) is 11.9. The number of hydrogen-bond acceptors (Lipinski definition) is 3. The molecular weight excluding hydrogens is 232 g/mol. The Morgan fingerprint density at radius 2 is 1.83 bits per heavy atom. The quantitative estimate of drug-likeness (QED) is 0.510. The van der Waals surface area contributed by atoms with Gasteiger partial charge in [-0.15, -0.1) is 0 Å². The van der Waals surface area contributed by atoms with E-state index in [-0.39, 0.29) is 11.3 Å². The van der Waals surface area contributed by atoms with E-state index in [1.165, 1.54) is 6.07 Å². The summed E-state index contributed by atoms with van der Waals surface area (Å²) in [4.78, 5) is 22.4. The standard InChI is InChI=1S/C14H10O4/c1-2-12(15)18-11-8-4-6-9-5-3-7-10(13(9)11)14(16)17/h2-8H,1H2,(H,16,17). The van der Waals surface area contributed by atoms with E-state index < -0.39 is 11.9 Å². The molecule has 0 aliphatic heterocycles. The van der Waals surface area contributed by atoms with Gasteiger partial charge in [0.05, 0.1) is 5.56 Å². The zero-order valence-corrected chi connectivity index (χ0v) is 9.42. The molecule has 0 spiro atoms. The van der Waals surface area contributed by atoms with E-state index in [2.05, 4.69) is 6.58 Å². The van der Waals surface area contributed by atoms with E-state index >= 15 is 0 Å². The minimum absolute atomic E-state index is 0.0972. The van der Waals surface area contributed by atoms with Gasteiger partial charge in [0.25, 0.3) is 0 Å². The Kier molecular flexibility index (Phi) is 3.10. The van der Waals surface area contributed by atoms with Gasteiger partial charge in [-0.3, -0.25) is 0 Å². The lowest BCUT2D eigenvalue weighted by Crippen LogP contribution is -2.05. The minimum atomic E-state index is -1.07. The summed E-state index contributed by atoms with van der Waals surface area (Å²) in [6, 6.07) is 9.87. The summed E-state index contributed by atoms with van der Waals surface area (Å²) in [6.45, 7) is 3.30. The molecule has 0 radical (unpaired) electrons. The van der Waals surface area contributed by atoms with Crippen LogP contribution >= 0.6 is 0 Å². The SMILES string of the molecule is C=CC(=O)Oc1cccc2cccc(C(=O)O)c12. The highest BCUT2D eigenvalue weighted by Gasteiger charge is 2.13. The van der Waals surface area contributed by atoms with Crippen molar-refractivity contribution in [3.05, 3.63) is 54.6 Å². The van der Waals surface area contributed by atoms with Gasteiger partial charge in [-0.05, 0) is 17.5 Å². The molecule has 0 fully saturated rings. The smallest absolute Gasteiger partial charge is 0.336 e. The van der Waals surface area contributed by atoms with E-state index in [1.54, 1.807) is 30.3 Å². The summed E-state index contributed by atoms with van der Waals surface area (Å²) < 4.78 is 5.05. The second-order valence-electron chi connectivity index (χ2n) is 3.59. The van der Waals surface area contributed by atoms with Crippen molar-refractivity contribution in [2.45, 2.75) is 0 Å². The topological polar surface area (TPSA) is 63.6 Å². The van der Waals surface area contributed by atoms with E-state index in [4.69, 9.17) is 9.84 Å². The molecule has 2 aromatic rings. The van der Waals surface area contributed by atoms with Gasteiger partial charge in [-0.2, -0.15) is 0 Å². The zero-order valence-electron chi connectivity index (χ0n) is 9.42. The maximum absolute atomic E-state index is 11.2. The maximum atomic E-state index is 11.2. The number of benzene rings is 2. The highest BCUT2D eigenvalue weighted by molar-refractivity contribution is 6.07. The summed E-state index contributed by atoms with van der Waals surface area (Å²) in [6.07, 6.45) is 1.03. The first-order valence-corrected chi connectivity index (χ1v) is 5.23. The third-order valence-electron chi connectivity index (χ3n) is 2.47. The molecule has 0 aromatic heterocycles. The molecule has 2 rings (SSSR count). The second kappa shape index (κ2) is 4.71. The van der Waals surface area contributed by atoms with E-state index in [0.29, 0.717) is 10.8 Å². The van der Waals surface area contributed by atoms with Crippen molar-refractivity contribution < 1.29 is 19.4 Å². The number of esters is 1. The van der Waals surface area contributed by atoms with Crippen LogP contribution in [0.2, 0.25) is 0 Å². The molecule has 1 N–H and O–H groups in total. The van der Waals surface area contributed by atoms with Crippen LogP contribution in [0.15, 0.2) is 49.1 Å². The predicted octanol–water partition coefficient (Wildman–Crippen LogP) is 2.63. The summed E-state index contributed by atoms with van der Waals surface area (Å²) in [5.41, 5.74) is 0.0972. The van der Waals surface area contributed by atoms with Crippen LogP contribution in [-0.2, 0) is 4.79 Å². The van der Waals surface area contributed by atoms with Crippen molar-refractivity contribution in [1.29, 1.82) is 0 Å². The third kappa shape index (κ3) is 2.08. The highest BCUT2D eigenvalue weighted by Crippen LogP contribution is 2.29. The van der Waals surface area contributed by atoms with Gasteiger partial charge in [0.15, 0.2) is 0 Å². The van der Waals surface area contributed by atoms with Crippen LogP contribution in [0.25, 0.3) is 10.8 Å². The number of carboxylic acid groups (broad SMARTS) is 1. The molecule has 4 nitrogen and oxygen atoms in total. The van der Waals surface area contributed by atoms with Crippen molar-refractivity contribution in [2.24, 2.45) is 0 Å². The molecule has 90 valence electrons. The van der Waals surface area contributed by atoms with E-state index in [9.17, 15) is 9.59 Å². The Morgan fingerprint density at radius 1 is 1.17 bits per heavy atom. The molecule has 18 heavy (non-hydrogen) atoms. The first-order valence-electron chi connectivity index (χ1n) is 5.23. The highest BCUT2D eigenvalue weighted by atomic mass is 16.5. The van der Waals surface area contributed by atoms with E-state index in [1.807, 2.05) is 0 Å². The Bertz CT molecular complexity index is 638. The number of fused-ring (bicyclic) bond motifs is 1. The summed E-state index contributed by atoms with van der Waals surface area (Å²) in [5, 5.41) is 10.2. The second-order valence-corrected chi connectivity index (χ2v) is 3.59. The van der Waals surface area contributed by atoms with Gasteiger partial charge in [0.1, 0.15) is 5.75 Å². The lowest BCUT2D eigenvalue weighted by Gasteiger charge is -2.08. The molecule has 0 heterocycles. The molecule has 0 saturated heterocycles. The molecule has 4 heteroatoms. The van der Waals surface area contributed by atoms with Crippen LogP contribution in [0, 0.1) is 0 Å². The zero-order chi connectivity index (χ0) is 13.1. The van der Waals surface area contributed by atoms with Gasteiger partial charge in [0, 0.05) is 11.5 Å². The molecule has 2 aromatic carbocycles. The van der Waals surface area contributed by atoms with Gasteiger partial charge < -0.3 is 9.84 Å². The molecule has 0 aliphatic rings. The monoisotopic (exact) mass is 242 g/mol. The molecule has 0 aliphatic carbocycles. The van der Waals surface area contributed by atoms with Crippen LogP contribution in [0.3, 0.4) is 0 Å². The largest absolute Gasteiger partial charge is 0.478 e. The normalized spacial score (nSPS) is 10.0. The number of ether oxygens (including phenoxy) is 1. The molecule has 0 atom stereocenters. The van der Waals surface area contributed by atoms with Crippen LogP contribution < -0.4 is 4.74 Å². The van der Waals surface area contributed by atoms with Crippen LogP contribution in [0.1, 0.15) is 10.4 Å². The Hall–Kier alpha value is -2.62. The van der Waals surface area contributed by atoms with Crippen molar-refractivity contribution in [2.75, 3.05) is 0 Å². The molecule has 0 saturated carbocycles. The minimum Gasteiger partial charge on any atom is -0.478 e. The fourth-order valence-corrected chi connectivity index (χ4v) is 1.72. The summed E-state index contributed by atoms with van der Waals surface area (Å²) in [7, 11) is 0. The third-order valence-corrected chi connectivity index (χ3v) is 2.47. The number of hydrogen-bond donors (Lipinski definition) is 1. The van der Waals surface area contributed by atoms with Gasteiger partial charge >= 0.3 is 11.9 Å². The van der Waals surface area contributed by atoms with Crippen molar-refractivity contribution in [3.8, 4) is 5.75 Å². The fraction of sp³-hybridized carbons (Fsp3) is 0. The fourth-order valence-electron chi connectivity index (χ4n) is 1.72. The Morgan fingerprint density at radius 3 is 2.44 bits per heavy atom. The lowest BCUT2D eigenvalue weighted by molar-refractivity contribution is -0.128. The Balaban J connectivity index is 2.69. The molecule has 0 amide bonds. The molecule has 0 unspecified atom stereocenters. The maximum Gasteiger partial charge on any atom is 0.336 e. The summed E-state index contributed by atoms with van der Waals surface area (Å²) >= 11 is 0. The van der Waals surface area contributed by atoms with Crippen molar-refractivity contribution >= 4 is 22.7 Å². The number of carboxylic acids is 1. The molecular formula is C14H10O4. The van der Waals surface area contributed by atoms with Gasteiger partial charge in [-0.1, -0.05) is 30.8 Å². The lowest BCUT2D eigenvalue weighted by atomic mass is 10.0. The number of carbonyl (C=O) groups excluding carboxylic acids is 1. The number of rotatable bonds is 3. The van der Waals surface area contributed by atoms with Gasteiger partial charge in [0.2, 0.25) is 0 Å². The first-order chi connectivity index (χ1) is 8.63. The van der Waals surface area contributed by atoms with Crippen molar-refractivity contribution in [3.63, 3.8) is 0 Å². The average Bonchev–Trinajstić information content (AvgIpc) is 2.38. The van der Waals surface area contributed by atoms with Crippen LogP contribution in [0.5, 0.6) is 5.75 Å². The number of carbonyl (C=O) groups is 2. The number of aromatic carboxylic acids is 1. The van der Waals surface area contributed by atoms with Crippen LogP contribution in [0.4, 0.5) is 0 Å². The van der Waals surface area contributed by atoms with Crippen molar-refractivity contribution in [1.82, 2.24) is 0 Å². The summed E-state index contributed by atoms with van der Waals surface area (Å²) in [5.74, 6) is -1.47. The Labute approximate surface area is 103 Å².